The standard InChI is InChI=1S/C15H8Cl2N2O2/c16-9-5-11(19)13(6-10(9)17)21-15-8-3-1-2-4-12(8)20-14(15)7-18/h1-6H,19H2. The van der Waals surface area contributed by atoms with Gasteiger partial charge in [0.25, 0.3) is 0 Å². The van der Waals surface area contributed by atoms with Gasteiger partial charge in [0.1, 0.15) is 11.7 Å². The molecule has 4 nitrogen and oxygen atoms in total. The summed E-state index contributed by atoms with van der Waals surface area (Å²) in [7, 11) is 0. The van der Waals surface area contributed by atoms with Crippen molar-refractivity contribution in [1.82, 2.24) is 0 Å². The predicted octanol–water partition coefficient (Wildman–Crippen LogP) is 4.99. The molecule has 1 heterocycles. The number of hydrogen-bond acceptors (Lipinski definition) is 4. The van der Waals surface area contributed by atoms with E-state index in [0.717, 1.165) is 0 Å². The maximum Gasteiger partial charge on any atom is 0.247 e. The molecule has 0 unspecified atom stereocenters. The molecule has 0 radical (unpaired) electrons. The highest BCUT2D eigenvalue weighted by Crippen LogP contribution is 2.40. The van der Waals surface area contributed by atoms with Crippen LogP contribution in [-0.4, -0.2) is 0 Å². The summed E-state index contributed by atoms with van der Waals surface area (Å²) in [6.07, 6.45) is 0. The lowest BCUT2D eigenvalue weighted by Gasteiger charge is -2.08. The minimum absolute atomic E-state index is 0.0710. The number of anilines is 1. The molecule has 0 saturated heterocycles. The third-order valence-corrected chi connectivity index (χ3v) is 3.64. The first-order valence-electron chi connectivity index (χ1n) is 5.94. The Labute approximate surface area is 130 Å². The molecule has 3 rings (SSSR count). The number of para-hydroxylation sites is 1. The highest BCUT2D eigenvalue weighted by molar-refractivity contribution is 6.42. The minimum Gasteiger partial charge on any atom is -0.450 e. The van der Waals surface area contributed by atoms with Crippen molar-refractivity contribution in [3.8, 4) is 17.6 Å². The summed E-state index contributed by atoms with van der Waals surface area (Å²) in [5.74, 6) is 0.687. The van der Waals surface area contributed by atoms with Gasteiger partial charge in [-0.05, 0) is 18.2 Å². The maximum atomic E-state index is 9.16. The first-order chi connectivity index (χ1) is 10.1. The van der Waals surface area contributed by atoms with Crippen LogP contribution in [0.4, 0.5) is 5.69 Å². The molecule has 6 heteroatoms. The Balaban J connectivity index is 2.14. The van der Waals surface area contributed by atoms with E-state index in [1.165, 1.54) is 12.1 Å². The number of hydrogen-bond donors (Lipinski definition) is 1. The van der Waals surface area contributed by atoms with Crippen LogP contribution in [0.15, 0.2) is 40.8 Å². The van der Waals surface area contributed by atoms with Gasteiger partial charge in [-0.2, -0.15) is 5.26 Å². The van der Waals surface area contributed by atoms with E-state index in [-0.39, 0.29) is 5.76 Å². The van der Waals surface area contributed by atoms with Gasteiger partial charge >= 0.3 is 0 Å². The average Bonchev–Trinajstić information content (AvgIpc) is 2.83. The van der Waals surface area contributed by atoms with Crippen molar-refractivity contribution in [3.63, 3.8) is 0 Å². The fourth-order valence-electron chi connectivity index (χ4n) is 1.94. The first-order valence-corrected chi connectivity index (χ1v) is 6.69. The van der Waals surface area contributed by atoms with Crippen LogP contribution in [-0.2, 0) is 0 Å². The van der Waals surface area contributed by atoms with Crippen molar-refractivity contribution < 1.29 is 9.15 Å². The van der Waals surface area contributed by atoms with Gasteiger partial charge < -0.3 is 14.9 Å². The lowest BCUT2D eigenvalue weighted by atomic mass is 10.2. The van der Waals surface area contributed by atoms with Crippen molar-refractivity contribution >= 4 is 39.9 Å². The van der Waals surface area contributed by atoms with Gasteiger partial charge in [-0.25, -0.2) is 0 Å². The van der Waals surface area contributed by atoms with Crippen LogP contribution >= 0.6 is 23.2 Å². The molecular formula is C15H8Cl2N2O2. The lowest BCUT2D eigenvalue weighted by molar-refractivity contribution is 0.469. The van der Waals surface area contributed by atoms with E-state index >= 15 is 0 Å². The molecule has 0 amide bonds. The molecule has 0 saturated carbocycles. The molecule has 2 aromatic carbocycles. The number of nitrogens with two attached hydrogens (primary N) is 1. The predicted molar refractivity (Wildman–Crippen MR) is 81.9 cm³/mol. The molecule has 2 N–H and O–H groups in total. The molecule has 0 aliphatic heterocycles. The zero-order valence-corrected chi connectivity index (χ0v) is 12.1. The molecule has 0 atom stereocenters. The van der Waals surface area contributed by atoms with Gasteiger partial charge in [-0.1, -0.05) is 35.3 Å². The van der Waals surface area contributed by atoms with Crippen LogP contribution in [0.5, 0.6) is 11.5 Å². The molecular weight excluding hydrogens is 311 g/mol. The van der Waals surface area contributed by atoms with Crippen molar-refractivity contribution in [2.24, 2.45) is 0 Å². The topological polar surface area (TPSA) is 72.2 Å². The van der Waals surface area contributed by atoms with Crippen LogP contribution in [0.3, 0.4) is 0 Å². The van der Waals surface area contributed by atoms with Crippen LogP contribution < -0.4 is 10.5 Å². The summed E-state index contributed by atoms with van der Waals surface area (Å²) in [4.78, 5) is 0. The van der Waals surface area contributed by atoms with Gasteiger partial charge in [0, 0.05) is 6.07 Å². The van der Waals surface area contributed by atoms with Crippen molar-refractivity contribution in [2.75, 3.05) is 5.73 Å². The van der Waals surface area contributed by atoms with Crippen LogP contribution in [0.25, 0.3) is 11.0 Å². The summed E-state index contributed by atoms with van der Waals surface area (Å²) in [5, 5.41) is 10.5. The van der Waals surface area contributed by atoms with Gasteiger partial charge in [-0.3, -0.25) is 0 Å². The normalized spacial score (nSPS) is 10.5. The van der Waals surface area contributed by atoms with Crippen LogP contribution in [0.2, 0.25) is 10.0 Å². The van der Waals surface area contributed by atoms with Gasteiger partial charge in [0.15, 0.2) is 11.5 Å². The zero-order chi connectivity index (χ0) is 15.0. The molecule has 0 aliphatic rings. The lowest BCUT2D eigenvalue weighted by Crippen LogP contribution is -1.93. The number of nitrogen functional groups attached to an aromatic ring is 1. The SMILES string of the molecule is N#Cc1oc2ccccc2c1Oc1cc(Cl)c(Cl)cc1N. The van der Waals surface area contributed by atoms with Crippen molar-refractivity contribution in [1.29, 1.82) is 5.26 Å². The van der Waals surface area contributed by atoms with E-state index in [1.54, 1.807) is 12.1 Å². The van der Waals surface area contributed by atoms with E-state index in [1.807, 2.05) is 18.2 Å². The number of furan rings is 1. The van der Waals surface area contributed by atoms with Gasteiger partial charge in [-0.15, -0.1) is 0 Å². The summed E-state index contributed by atoms with van der Waals surface area (Å²) in [5.41, 5.74) is 6.74. The third-order valence-electron chi connectivity index (χ3n) is 2.92. The number of benzene rings is 2. The Bertz CT molecular complexity index is 881. The molecule has 104 valence electrons. The van der Waals surface area contributed by atoms with E-state index < -0.39 is 0 Å². The van der Waals surface area contributed by atoms with E-state index in [9.17, 15) is 0 Å². The van der Waals surface area contributed by atoms with Crippen molar-refractivity contribution in [2.45, 2.75) is 0 Å². The van der Waals surface area contributed by atoms with Crippen molar-refractivity contribution in [3.05, 3.63) is 52.2 Å². The van der Waals surface area contributed by atoms with E-state index in [4.69, 9.17) is 43.4 Å². The van der Waals surface area contributed by atoms with E-state index in [0.29, 0.717) is 38.2 Å². The number of ether oxygens (including phenoxy) is 1. The number of fused-ring (bicyclic) bond motifs is 1. The second-order valence-corrected chi connectivity index (χ2v) is 5.09. The summed E-state index contributed by atoms with van der Waals surface area (Å²) in [6.45, 7) is 0. The Morgan fingerprint density at radius 2 is 1.86 bits per heavy atom. The summed E-state index contributed by atoms with van der Waals surface area (Å²) >= 11 is 11.8. The van der Waals surface area contributed by atoms with Gasteiger partial charge in [0.05, 0.1) is 21.1 Å². The number of halogens is 2. The second kappa shape index (κ2) is 5.21. The Hall–Kier alpha value is -2.35. The fraction of sp³-hybridized carbons (Fsp3) is 0. The molecule has 0 bridgehead atoms. The third kappa shape index (κ3) is 2.38. The Kier molecular flexibility index (Phi) is 3.38. The largest absolute Gasteiger partial charge is 0.450 e. The zero-order valence-electron chi connectivity index (χ0n) is 10.6. The quantitative estimate of drug-likeness (QED) is 0.676. The van der Waals surface area contributed by atoms with Gasteiger partial charge in [0.2, 0.25) is 5.76 Å². The molecule has 1 aromatic heterocycles. The summed E-state index contributed by atoms with van der Waals surface area (Å²) < 4.78 is 11.2. The highest BCUT2D eigenvalue weighted by atomic mass is 35.5. The number of rotatable bonds is 2. The molecule has 3 aromatic rings. The smallest absolute Gasteiger partial charge is 0.247 e. The first kappa shape index (κ1) is 13.6. The molecule has 21 heavy (non-hydrogen) atoms. The molecule has 0 fully saturated rings. The molecule has 0 spiro atoms. The number of nitrogens with zero attached hydrogens (tertiary/aromatic N) is 1. The summed E-state index contributed by atoms with van der Waals surface area (Å²) in [6, 6.07) is 12.1. The fourth-order valence-corrected chi connectivity index (χ4v) is 2.26. The second-order valence-electron chi connectivity index (χ2n) is 4.27. The van der Waals surface area contributed by atoms with Crippen LogP contribution in [0.1, 0.15) is 5.76 Å². The average molecular weight is 319 g/mol. The van der Waals surface area contributed by atoms with Crippen LogP contribution in [0, 0.1) is 11.3 Å². The monoisotopic (exact) mass is 318 g/mol. The minimum atomic E-state index is 0.0710. The maximum absolute atomic E-state index is 9.16. The van der Waals surface area contributed by atoms with E-state index in [2.05, 4.69) is 0 Å². The highest BCUT2D eigenvalue weighted by Gasteiger charge is 2.17. The molecule has 0 aliphatic carbocycles. The Morgan fingerprint density at radius 1 is 1.14 bits per heavy atom. The Morgan fingerprint density at radius 3 is 2.62 bits per heavy atom. The number of nitriles is 1.